The summed E-state index contributed by atoms with van der Waals surface area (Å²) in [5, 5.41) is 3.32. The summed E-state index contributed by atoms with van der Waals surface area (Å²) in [7, 11) is 0. The van der Waals surface area contributed by atoms with Gasteiger partial charge in [-0.15, -0.1) is 0 Å². The van der Waals surface area contributed by atoms with Crippen molar-refractivity contribution in [3.05, 3.63) is 70.6 Å². The first-order valence-corrected chi connectivity index (χ1v) is 5.76. The van der Waals surface area contributed by atoms with Crippen LogP contribution < -0.4 is 10.9 Å². The molecule has 0 aliphatic rings. The highest BCUT2D eigenvalue weighted by molar-refractivity contribution is 5.14. The van der Waals surface area contributed by atoms with Crippen LogP contribution >= 0.6 is 0 Å². The maximum absolute atomic E-state index is 11.4. The molecule has 0 bridgehead atoms. The molecule has 2 rings (SSSR count). The number of hydrogen-bond acceptors (Lipinski definition) is 2. The monoisotopic (exact) mass is 228 g/mol. The summed E-state index contributed by atoms with van der Waals surface area (Å²) in [6, 6.07) is 15.4. The van der Waals surface area contributed by atoms with Crippen molar-refractivity contribution in [3.8, 4) is 0 Å². The Balaban J connectivity index is 1.78. The quantitative estimate of drug-likeness (QED) is 0.789. The molecular weight excluding hydrogens is 212 g/mol. The smallest absolute Gasteiger partial charge is 0.250 e. The fourth-order valence-electron chi connectivity index (χ4n) is 1.67. The Morgan fingerprint density at radius 1 is 1.00 bits per heavy atom. The first kappa shape index (κ1) is 11.6. The minimum absolute atomic E-state index is 0.0500. The van der Waals surface area contributed by atoms with Gasteiger partial charge in [0.1, 0.15) is 0 Å². The van der Waals surface area contributed by atoms with Crippen molar-refractivity contribution in [3.63, 3.8) is 0 Å². The molecule has 2 aromatic rings. The maximum Gasteiger partial charge on any atom is 0.250 e. The van der Waals surface area contributed by atoms with Crippen LogP contribution in [0.5, 0.6) is 0 Å². The molecule has 17 heavy (non-hydrogen) atoms. The van der Waals surface area contributed by atoms with Gasteiger partial charge in [0.2, 0.25) is 0 Å². The second-order valence-corrected chi connectivity index (χ2v) is 3.89. The van der Waals surface area contributed by atoms with Crippen LogP contribution in [0.2, 0.25) is 0 Å². The molecule has 0 unspecified atom stereocenters. The molecule has 0 saturated carbocycles. The zero-order chi connectivity index (χ0) is 11.9. The van der Waals surface area contributed by atoms with E-state index in [9.17, 15) is 4.79 Å². The molecule has 3 heteroatoms. The van der Waals surface area contributed by atoms with Crippen LogP contribution in [0, 0.1) is 0 Å². The van der Waals surface area contributed by atoms with E-state index in [-0.39, 0.29) is 5.56 Å². The van der Waals surface area contributed by atoms with Gasteiger partial charge in [0.25, 0.3) is 5.56 Å². The van der Waals surface area contributed by atoms with Crippen molar-refractivity contribution in [2.24, 2.45) is 0 Å². The number of pyridine rings is 1. The molecule has 88 valence electrons. The molecule has 0 amide bonds. The second kappa shape index (κ2) is 6.01. The highest BCUT2D eigenvalue weighted by Crippen LogP contribution is 1.96. The van der Waals surface area contributed by atoms with Gasteiger partial charge in [0, 0.05) is 31.9 Å². The Hall–Kier alpha value is -1.87. The minimum atomic E-state index is 0.0500. The van der Waals surface area contributed by atoms with Crippen molar-refractivity contribution in [1.29, 1.82) is 0 Å². The summed E-state index contributed by atoms with van der Waals surface area (Å²) in [5.74, 6) is 0. The van der Waals surface area contributed by atoms with E-state index in [0.29, 0.717) is 6.54 Å². The Kier molecular flexibility index (Phi) is 4.11. The predicted molar refractivity (Wildman–Crippen MR) is 68.9 cm³/mol. The van der Waals surface area contributed by atoms with Crippen LogP contribution in [0.15, 0.2) is 59.5 Å². The summed E-state index contributed by atoms with van der Waals surface area (Å²) >= 11 is 0. The molecule has 0 saturated heterocycles. The molecule has 0 radical (unpaired) electrons. The van der Waals surface area contributed by atoms with Gasteiger partial charge >= 0.3 is 0 Å². The molecule has 0 atom stereocenters. The van der Waals surface area contributed by atoms with Gasteiger partial charge in [-0.25, -0.2) is 0 Å². The van der Waals surface area contributed by atoms with Gasteiger partial charge in [0.15, 0.2) is 0 Å². The Labute approximate surface area is 101 Å². The lowest BCUT2D eigenvalue weighted by atomic mass is 10.2. The van der Waals surface area contributed by atoms with Gasteiger partial charge in [-0.3, -0.25) is 4.79 Å². The van der Waals surface area contributed by atoms with E-state index in [2.05, 4.69) is 17.4 Å². The van der Waals surface area contributed by atoms with Crippen LogP contribution in [0.3, 0.4) is 0 Å². The van der Waals surface area contributed by atoms with E-state index in [1.54, 1.807) is 16.7 Å². The average Bonchev–Trinajstić information content (AvgIpc) is 2.38. The van der Waals surface area contributed by atoms with Crippen molar-refractivity contribution in [1.82, 2.24) is 9.88 Å². The predicted octanol–water partition coefficient (Wildman–Crippen LogP) is 1.64. The van der Waals surface area contributed by atoms with Crippen molar-refractivity contribution in [2.75, 3.05) is 6.54 Å². The van der Waals surface area contributed by atoms with E-state index in [1.165, 1.54) is 5.56 Å². The Bertz CT molecular complexity index is 505. The third-order valence-corrected chi connectivity index (χ3v) is 2.60. The highest BCUT2D eigenvalue weighted by Gasteiger charge is 1.94. The van der Waals surface area contributed by atoms with Crippen LogP contribution in [-0.4, -0.2) is 11.1 Å². The van der Waals surface area contributed by atoms with Gasteiger partial charge in [-0.1, -0.05) is 36.4 Å². The Morgan fingerprint density at radius 2 is 1.76 bits per heavy atom. The second-order valence-electron chi connectivity index (χ2n) is 3.89. The number of rotatable bonds is 5. The maximum atomic E-state index is 11.4. The summed E-state index contributed by atoms with van der Waals surface area (Å²) in [6.45, 7) is 2.33. The fraction of sp³-hybridized carbons (Fsp3) is 0.214. The Morgan fingerprint density at radius 3 is 2.53 bits per heavy atom. The number of hydrogen-bond donors (Lipinski definition) is 1. The normalized spacial score (nSPS) is 10.4. The van der Waals surface area contributed by atoms with E-state index < -0.39 is 0 Å². The number of aromatic nitrogens is 1. The number of nitrogens with zero attached hydrogens (tertiary/aromatic N) is 1. The molecular formula is C14H16N2O. The SMILES string of the molecule is O=c1ccccn1CCNCc1ccccc1. The van der Waals surface area contributed by atoms with E-state index in [4.69, 9.17) is 0 Å². The van der Waals surface area contributed by atoms with Gasteiger partial charge < -0.3 is 9.88 Å². The summed E-state index contributed by atoms with van der Waals surface area (Å²) in [5.41, 5.74) is 1.31. The topological polar surface area (TPSA) is 34.0 Å². The third-order valence-electron chi connectivity index (χ3n) is 2.60. The first-order valence-electron chi connectivity index (χ1n) is 5.76. The molecule has 1 aromatic heterocycles. The zero-order valence-corrected chi connectivity index (χ0v) is 9.67. The largest absolute Gasteiger partial charge is 0.314 e. The lowest BCUT2D eigenvalue weighted by Crippen LogP contribution is -2.25. The van der Waals surface area contributed by atoms with Gasteiger partial charge in [-0.05, 0) is 11.6 Å². The molecule has 0 aliphatic heterocycles. The lowest BCUT2D eigenvalue weighted by molar-refractivity contribution is 0.585. The molecule has 0 fully saturated rings. The van der Waals surface area contributed by atoms with Crippen LogP contribution in [-0.2, 0) is 13.1 Å². The van der Waals surface area contributed by atoms with Gasteiger partial charge in [-0.2, -0.15) is 0 Å². The van der Waals surface area contributed by atoms with E-state index in [1.807, 2.05) is 30.5 Å². The number of benzene rings is 1. The van der Waals surface area contributed by atoms with Crippen molar-refractivity contribution in [2.45, 2.75) is 13.1 Å². The van der Waals surface area contributed by atoms with Crippen molar-refractivity contribution < 1.29 is 0 Å². The summed E-state index contributed by atoms with van der Waals surface area (Å²) in [6.07, 6.45) is 1.81. The van der Waals surface area contributed by atoms with E-state index in [0.717, 1.165) is 13.1 Å². The molecule has 1 heterocycles. The molecule has 0 spiro atoms. The van der Waals surface area contributed by atoms with E-state index >= 15 is 0 Å². The standard InChI is InChI=1S/C14H16N2O/c17-14-8-4-5-10-16(14)11-9-15-12-13-6-2-1-3-7-13/h1-8,10,15H,9,11-12H2. The molecule has 0 aliphatic carbocycles. The van der Waals surface area contributed by atoms with Crippen LogP contribution in [0.25, 0.3) is 0 Å². The zero-order valence-electron chi connectivity index (χ0n) is 9.67. The molecule has 1 aromatic carbocycles. The number of nitrogens with one attached hydrogen (secondary N) is 1. The van der Waals surface area contributed by atoms with Crippen LogP contribution in [0.1, 0.15) is 5.56 Å². The average molecular weight is 228 g/mol. The molecule has 3 nitrogen and oxygen atoms in total. The summed E-state index contributed by atoms with van der Waals surface area (Å²) in [4.78, 5) is 11.4. The van der Waals surface area contributed by atoms with Crippen molar-refractivity contribution >= 4 is 0 Å². The highest BCUT2D eigenvalue weighted by atomic mass is 16.1. The minimum Gasteiger partial charge on any atom is -0.314 e. The fourth-order valence-corrected chi connectivity index (χ4v) is 1.67. The first-order chi connectivity index (χ1) is 8.36. The molecule has 1 N–H and O–H groups in total. The van der Waals surface area contributed by atoms with Gasteiger partial charge in [0.05, 0.1) is 0 Å². The van der Waals surface area contributed by atoms with Crippen LogP contribution in [0.4, 0.5) is 0 Å². The summed E-state index contributed by atoms with van der Waals surface area (Å²) < 4.78 is 1.71. The third kappa shape index (κ3) is 3.57. The lowest BCUT2D eigenvalue weighted by Gasteiger charge is -2.06.